The molecule has 1 aromatic carbocycles. The zero-order valence-corrected chi connectivity index (χ0v) is 18.4. The van der Waals surface area contributed by atoms with Gasteiger partial charge in [-0.3, -0.25) is 4.79 Å². The average molecular weight is 416 g/mol. The van der Waals surface area contributed by atoms with Crippen molar-refractivity contribution < 1.29 is 19.0 Å². The topological polar surface area (TPSA) is 81.7 Å². The minimum absolute atomic E-state index is 0.0504. The number of ether oxygens (including phenoxy) is 3. The van der Waals surface area contributed by atoms with E-state index in [1.165, 1.54) is 0 Å². The lowest BCUT2D eigenvalue weighted by Gasteiger charge is -2.21. The second-order valence-electron chi connectivity index (χ2n) is 7.85. The number of nitrogens with one attached hydrogen (secondary N) is 2. The molecule has 164 valence electrons. The molecule has 2 N–H and O–H groups in total. The third kappa shape index (κ3) is 9.13. The first-order valence-corrected chi connectivity index (χ1v) is 10.3. The van der Waals surface area contributed by atoms with Crippen molar-refractivity contribution in [1.29, 1.82) is 0 Å². The average Bonchev–Trinajstić information content (AvgIpc) is 2.69. The maximum absolute atomic E-state index is 12.0. The molecule has 30 heavy (non-hydrogen) atoms. The molecule has 0 saturated heterocycles. The summed E-state index contributed by atoms with van der Waals surface area (Å²) in [5.41, 5.74) is 0.789. The van der Waals surface area contributed by atoms with Crippen molar-refractivity contribution in [3.8, 4) is 17.4 Å². The molecule has 0 atom stereocenters. The van der Waals surface area contributed by atoms with E-state index in [-0.39, 0.29) is 18.1 Å². The minimum Gasteiger partial charge on any atom is -0.490 e. The summed E-state index contributed by atoms with van der Waals surface area (Å²) in [6.45, 7) is 10.3. The molecule has 0 bridgehead atoms. The highest BCUT2D eigenvalue weighted by molar-refractivity contribution is 5.78. The predicted molar refractivity (Wildman–Crippen MR) is 117 cm³/mol. The van der Waals surface area contributed by atoms with E-state index in [4.69, 9.17) is 14.2 Å². The molecule has 7 heteroatoms. The van der Waals surface area contributed by atoms with Crippen LogP contribution in [0.2, 0.25) is 0 Å². The van der Waals surface area contributed by atoms with Gasteiger partial charge in [0, 0.05) is 24.3 Å². The Morgan fingerprint density at radius 1 is 1.07 bits per heavy atom. The predicted octanol–water partition coefficient (Wildman–Crippen LogP) is 3.33. The minimum atomic E-state index is -0.290. The van der Waals surface area contributed by atoms with E-state index >= 15 is 0 Å². The van der Waals surface area contributed by atoms with Crippen LogP contribution in [0.4, 0.5) is 0 Å². The third-order valence-electron chi connectivity index (χ3n) is 3.90. The van der Waals surface area contributed by atoms with Gasteiger partial charge in [0.15, 0.2) is 18.1 Å². The van der Waals surface area contributed by atoms with Crippen molar-refractivity contribution >= 4 is 5.91 Å². The normalized spacial score (nSPS) is 11.1. The van der Waals surface area contributed by atoms with Crippen molar-refractivity contribution in [2.24, 2.45) is 0 Å². The Bertz CT molecular complexity index is 776. The first-order valence-electron chi connectivity index (χ1n) is 10.3. The van der Waals surface area contributed by atoms with Crippen LogP contribution < -0.4 is 24.8 Å². The largest absolute Gasteiger partial charge is 0.490 e. The van der Waals surface area contributed by atoms with Gasteiger partial charge in [-0.2, -0.15) is 0 Å². The highest BCUT2D eigenvalue weighted by atomic mass is 16.5. The molecule has 0 spiro atoms. The van der Waals surface area contributed by atoms with Crippen LogP contribution in [0.1, 0.15) is 39.7 Å². The van der Waals surface area contributed by atoms with Crippen LogP contribution in [0.15, 0.2) is 42.6 Å². The van der Waals surface area contributed by atoms with Gasteiger partial charge < -0.3 is 24.8 Å². The molecule has 1 heterocycles. The Hall–Kier alpha value is -2.80. The van der Waals surface area contributed by atoms with E-state index in [0.29, 0.717) is 37.1 Å². The molecule has 0 unspecified atom stereocenters. The van der Waals surface area contributed by atoms with E-state index in [9.17, 15) is 4.79 Å². The van der Waals surface area contributed by atoms with Gasteiger partial charge >= 0.3 is 0 Å². The fraction of sp³-hybridized carbons (Fsp3) is 0.478. The van der Waals surface area contributed by atoms with Crippen LogP contribution in [0, 0.1) is 0 Å². The Kier molecular flexibility index (Phi) is 9.41. The third-order valence-corrected chi connectivity index (χ3v) is 3.90. The number of pyridine rings is 1. The number of carbonyl (C=O) groups excluding carboxylic acids is 1. The summed E-state index contributed by atoms with van der Waals surface area (Å²) in [5.74, 6) is 1.68. The van der Waals surface area contributed by atoms with Gasteiger partial charge in [-0.15, -0.1) is 0 Å². The first-order chi connectivity index (χ1) is 14.4. The van der Waals surface area contributed by atoms with Crippen molar-refractivity contribution in [3.05, 3.63) is 48.2 Å². The maximum Gasteiger partial charge on any atom is 0.258 e. The van der Waals surface area contributed by atoms with E-state index < -0.39 is 0 Å². The molecular formula is C23H33N3O4. The number of hydrogen-bond acceptors (Lipinski definition) is 6. The molecule has 0 radical (unpaired) electrons. The highest BCUT2D eigenvalue weighted by Crippen LogP contribution is 2.28. The second-order valence-corrected chi connectivity index (χ2v) is 7.85. The summed E-state index contributed by atoms with van der Waals surface area (Å²) < 4.78 is 16.9. The number of amides is 1. The lowest BCUT2D eigenvalue weighted by molar-refractivity contribution is -0.124. The van der Waals surface area contributed by atoms with Crippen molar-refractivity contribution in [2.75, 3.05) is 26.4 Å². The molecule has 0 saturated carbocycles. The summed E-state index contributed by atoms with van der Waals surface area (Å²) in [5, 5.41) is 6.27. The summed E-state index contributed by atoms with van der Waals surface area (Å²) in [6.07, 6.45) is 2.59. The van der Waals surface area contributed by atoms with E-state index in [2.05, 4.69) is 15.6 Å². The van der Waals surface area contributed by atoms with Crippen molar-refractivity contribution in [2.45, 2.75) is 46.2 Å². The van der Waals surface area contributed by atoms with Gasteiger partial charge in [0.2, 0.25) is 5.88 Å². The molecule has 0 aliphatic rings. The number of carbonyl (C=O) groups is 1. The molecule has 7 nitrogen and oxygen atoms in total. The Balaban J connectivity index is 1.77. The second kappa shape index (κ2) is 12.0. The SMILES string of the molecule is CCOc1cc(CNCCCOc2ccccn2)ccc1OCC(=O)NC(C)(C)C. The van der Waals surface area contributed by atoms with E-state index in [0.717, 1.165) is 18.5 Å². The lowest BCUT2D eigenvalue weighted by Crippen LogP contribution is -2.43. The summed E-state index contributed by atoms with van der Waals surface area (Å²) in [6, 6.07) is 11.4. The van der Waals surface area contributed by atoms with Gasteiger partial charge in [0.05, 0.1) is 13.2 Å². The molecule has 2 rings (SSSR count). The van der Waals surface area contributed by atoms with Crippen LogP contribution in [-0.2, 0) is 11.3 Å². The molecule has 0 aliphatic carbocycles. The van der Waals surface area contributed by atoms with Gasteiger partial charge in [0.1, 0.15) is 0 Å². The number of rotatable bonds is 12. The standard InChI is InChI=1S/C23H33N3O4/c1-5-28-20-15-18(10-11-19(20)30-17-21(27)26-23(2,3)4)16-24-12-8-14-29-22-9-6-7-13-25-22/h6-7,9-11,13,15,24H,5,8,12,14,16-17H2,1-4H3,(H,26,27). The number of hydrogen-bond donors (Lipinski definition) is 2. The maximum atomic E-state index is 12.0. The Morgan fingerprint density at radius 3 is 2.60 bits per heavy atom. The van der Waals surface area contributed by atoms with Gasteiger partial charge in [-0.1, -0.05) is 12.1 Å². The Labute approximate surface area is 179 Å². The van der Waals surface area contributed by atoms with Crippen LogP contribution in [0.5, 0.6) is 17.4 Å². The van der Waals surface area contributed by atoms with Gasteiger partial charge in [0.25, 0.3) is 5.91 Å². The van der Waals surface area contributed by atoms with Crippen LogP contribution in [0.25, 0.3) is 0 Å². The quantitative estimate of drug-likeness (QED) is 0.518. The van der Waals surface area contributed by atoms with Crippen LogP contribution in [0.3, 0.4) is 0 Å². The smallest absolute Gasteiger partial charge is 0.258 e. The molecule has 0 aliphatic heterocycles. The first kappa shape index (κ1) is 23.5. The highest BCUT2D eigenvalue weighted by Gasteiger charge is 2.15. The summed E-state index contributed by atoms with van der Waals surface area (Å²) in [7, 11) is 0. The van der Waals surface area contributed by atoms with Crippen molar-refractivity contribution in [3.63, 3.8) is 0 Å². The molecule has 2 aromatic rings. The van der Waals surface area contributed by atoms with E-state index in [1.54, 1.807) is 6.20 Å². The molecule has 1 aromatic heterocycles. The summed E-state index contributed by atoms with van der Waals surface area (Å²) >= 11 is 0. The number of aromatic nitrogens is 1. The fourth-order valence-electron chi connectivity index (χ4n) is 2.69. The zero-order valence-electron chi connectivity index (χ0n) is 18.4. The zero-order chi connectivity index (χ0) is 21.8. The number of nitrogens with zero attached hydrogens (tertiary/aromatic N) is 1. The fourth-order valence-corrected chi connectivity index (χ4v) is 2.69. The van der Waals surface area contributed by atoms with Crippen molar-refractivity contribution in [1.82, 2.24) is 15.6 Å². The van der Waals surface area contributed by atoms with E-state index in [1.807, 2.05) is 64.1 Å². The molecule has 1 amide bonds. The van der Waals surface area contributed by atoms with Crippen LogP contribution in [-0.4, -0.2) is 42.8 Å². The summed E-state index contributed by atoms with van der Waals surface area (Å²) in [4.78, 5) is 16.1. The van der Waals surface area contributed by atoms with Gasteiger partial charge in [-0.25, -0.2) is 4.98 Å². The monoisotopic (exact) mass is 415 g/mol. The number of benzene rings is 1. The van der Waals surface area contributed by atoms with Crippen LogP contribution >= 0.6 is 0 Å². The van der Waals surface area contributed by atoms with Gasteiger partial charge in [-0.05, 0) is 64.4 Å². The Morgan fingerprint density at radius 2 is 1.90 bits per heavy atom. The lowest BCUT2D eigenvalue weighted by atomic mass is 10.1. The molecular weight excluding hydrogens is 382 g/mol. The molecule has 0 fully saturated rings.